The van der Waals surface area contributed by atoms with Gasteiger partial charge in [-0.05, 0) is 48.9 Å². The molecule has 150 valence electrons. The first-order chi connectivity index (χ1) is 13.8. The fourth-order valence-electron chi connectivity index (χ4n) is 2.70. The number of hydrogen-bond donors (Lipinski definition) is 1. The molecule has 3 rings (SSSR count). The van der Waals surface area contributed by atoms with Crippen molar-refractivity contribution in [3.8, 4) is 5.75 Å². The van der Waals surface area contributed by atoms with E-state index in [-0.39, 0.29) is 5.91 Å². The van der Waals surface area contributed by atoms with Crippen LogP contribution in [0.2, 0.25) is 0 Å². The first-order valence-corrected chi connectivity index (χ1v) is 8.93. The Kier molecular flexibility index (Phi) is 6.16. The minimum atomic E-state index is -4.39. The summed E-state index contributed by atoms with van der Waals surface area (Å²) in [5, 5.41) is 2.79. The molecule has 2 aromatic carbocycles. The summed E-state index contributed by atoms with van der Waals surface area (Å²) in [5.41, 5.74) is 1.15. The number of amides is 1. The standard InChI is InChI=1S/C22H19F3N2O2/c1-15(17-7-9-19(10-8-17)22(23,24)25)27-21(28)18-5-2-6-20(12-18)29-14-16-4-3-11-26-13-16/h2-13,15H,14H2,1H3,(H,27,28)/t15-/m1/s1. The van der Waals surface area contributed by atoms with Crippen LogP contribution in [0.4, 0.5) is 13.2 Å². The maximum Gasteiger partial charge on any atom is 0.416 e. The Morgan fingerprint density at radius 2 is 1.86 bits per heavy atom. The number of benzene rings is 2. The molecule has 0 aliphatic heterocycles. The molecule has 0 aliphatic rings. The molecule has 1 aromatic heterocycles. The minimum absolute atomic E-state index is 0.320. The lowest BCUT2D eigenvalue weighted by Crippen LogP contribution is -2.26. The van der Waals surface area contributed by atoms with E-state index in [9.17, 15) is 18.0 Å². The molecule has 0 bridgehead atoms. The van der Waals surface area contributed by atoms with E-state index in [0.29, 0.717) is 23.5 Å². The molecule has 0 spiro atoms. The highest BCUT2D eigenvalue weighted by atomic mass is 19.4. The topological polar surface area (TPSA) is 51.2 Å². The Balaban J connectivity index is 1.62. The summed E-state index contributed by atoms with van der Waals surface area (Å²) in [4.78, 5) is 16.5. The van der Waals surface area contributed by atoms with Crippen LogP contribution in [0.3, 0.4) is 0 Å². The van der Waals surface area contributed by atoms with Crippen molar-refractivity contribution in [2.45, 2.75) is 25.7 Å². The normalized spacial score (nSPS) is 12.3. The van der Waals surface area contributed by atoms with E-state index in [1.54, 1.807) is 43.6 Å². The summed E-state index contributed by atoms with van der Waals surface area (Å²) in [6, 6.07) is 14.7. The molecule has 0 aliphatic carbocycles. The van der Waals surface area contributed by atoms with E-state index < -0.39 is 17.8 Å². The molecule has 3 aromatic rings. The predicted molar refractivity (Wildman–Crippen MR) is 102 cm³/mol. The van der Waals surface area contributed by atoms with Crippen LogP contribution in [0.25, 0.3) is 0 Å². The molecule has 0 unspecified atom stereocenters. The number of aromatic nitrogens is 1. The molecule has 1 atom stereocenters. The maximum atomic E-state index is 12.7. The Labute approximate surface area is 166 Å². The minimum Gasteiger partial charge on any atom is -0.489 e. The second kappa shape index (κ2) is 8.77. The lowest BCUT2D eigenvalue weighted by atomic mass is 10.1. The van der Waals surface area contributed by atoms with Gasteiger partial charge in [0, 0.05) is 23.5 Å². The monoisotopic (exact) mass is 400 g/mol. The van der Waals surface area contributed by atoms with Crippen LogP contribution in [-0.2, 0) is 12.8 Å². The molecule has 0 saturated heterocycles. The largest absolute Gasteiger partial charge is 0.489 e. The third-order valence-electron chi connectivity index (χ3n) is 4.31. The van der Waals surface area contributed by atoms with Gasteiger partial charge >= 0.3 is 6.18 Å². The molecular formula is C22H19F3N2O2. The molecule has 1 heterocycles. The highest BCUT2D eigenvalue weighted by molar-refractivity contribution is 5.94. The van der Waals surface area contributed by atoms with Gasteiger partial charge in [-0.2, -0.15) is 13.2 Å². The van der Waals surface area contributed by atoms with E-state index in [2.05, 4.69) is 10.3 Å². The first-order valence-electron chi connectivity index (χ1n) is 8.93. The van der Waals surface area contributed by atoms with Crippen molar-refractivity contribution in [1.82, 2.24) is 10.3 Å². The van der Waals surface area contributed by atoms with Crippen LogP contribution < -0.4 is 10.1 Å². The van der Waals surface area contributed by atoms with Gasteiger partial charge < -0.3 is 10.1 Å². The van der Waals surface area contributed by atoms with Crippen LogP contribution in [0, 0.1) is 0 Å². The van der Waals surface area contributed by atoms with Crippen LogP contribution in [0.15, 0.2) is 73.1 Å². The van der Waals surface area contributed by atoms with Gasteiger partial charge in [-0.15, -0.1) is 0 Å². The average Bonchev–Trinajstić information content (AvgIpc) is 2.72. The number of pyridine rings is 1. The fraction of sp³-hybridized carbons (Fsp3) is 0.182. The number of hydrogen-bond acceptors (Lipinski definition) is 3. The summed E-state index contributed by atoms with van der Waals surface area (Å²) in [6.45, 7) is 2.03. The van der Waals surface area contributed by atoms with Gasteiger partial charge in [0.2, 0.25) is 0 Å². The van der Waals surface area contributed by atoms with Gasteiger partial charge in [0.05, 0.1) is 11.6 Å². The second-order valence-electron chi connectivity index (χ2n) is 6.49. The van der Waals surface area contributed by atoms with E-state index in [4.69, 9.17) is 4.74 Å². The Morgan fingerprint density at radius 1 is 1.10 bits per heavy atom. The number of carbonyl (C=O) groups is 1. The van der Waals surface area contributed by atoms with Crippen LogP contribution in [0.1, 0.15) is 40.0 Å². The molecular weight excluding hydrogens is 381 g/mol. The SMILES string of the molecule is C[C@@H](NC(=O)c1cccc(OCc2cccnc2)c1)c1ccc(C(F)(F)F)cc1. The molecule has 0 radical (unpaired) electrons. The lowest BCUT2D eigenvalue weighted by Gasteiger charge is -2.16. The molecule has 7 heteroatoms. The summed E-state index contributed by atoms with van der Waals surface area (Å²) in [7, 11) is 0. The van der Waals surface area contributed by atoms with E-state index in [1.165, 1.54) is 12.1 Å². The van der Waals surface area contributed by atoms with Gasteiger partial charge in [-0.25, -0.2) is 0 Å². The second-order valence-corrected chi connectivity index (χ2v) is 6.49. The summed E-state index contributed by atoms with van der Waals surface area (Å²) in [6.07, 6.45) is -1.02. The zero-order valence-corrected chi connectivity index (χ0v) is 15.6. The number of nitrogens with zero attached hydrogens (tertiary/aromatic N) is 1. The van der Waals surface area contributed by atoms with E-state index >= 15 is 0 Å². The highest BCUT2D eigenvalue weighted by Crippen LogP contribution is 2.30. The zero-order chi connectivity index (χ0) is 20.9. The van der Waals surface area contributed by atoms with E-state index in [1.807, 2.05) is 12.1 Å². The number of ether oxygens (including phenoxy) is 1. The van der Waals surface area contributed by atoms with Crippen LogP contribution in [0.5, 0.6) is 5.75 Å². The van der Waals surface area contributed by atoms with Gasteiger partial charge in [-0.3, -0.25) is 9.78 Å². The van der Waals surface area contributed by atoms with Crippen molar-refractivity contribution in [1.29, 1.82) is 0 Å². The number of halogens is 3. The lowest BCUT2D eigenvalue weighted by molar-refractivity contribution is -0.137. The summed E-state index contributed by atoms with van der Waals surface area (Å²) >= 11 is 0. The molecule has 29 heavy (non-hydrogen) atoms. The molecule has 1 amide bonds. The molecule has 0 saturated carbocycles. The smallest absolute Gasteiger partial charge is 0.416 e. The summed E-state index contributed by atoms with van der Waals surface area (Å²) < 4.78 is 43.7. The quantitative estimate of drug-likeness (QED) is 0.621. The Bertz CT molecular complexity index is 958. The van der Waals surface area contributed by atoms with E-state index in [0.717, 1.165) is 17.7 Å². The zero-order valence-electron chi connectivity index (χ0n) is 15.6. The first kappa shape index (κ1) is 20.4. The van der Waals surface area contributed by atoms with Crippen molar-refractivity contribution in [2.24, 2.45) is 0 Å². The molecule has 0 fully saturated rings. The number of alkyl halides is 3. The van der Waals surface area contributed by atoms with Crippen molar-refractivity contribution in [3.63, 3.8) is 0 Å². The number of nitrogens with one attached hydrogen (secondary N) is 1. The van der Waals surface area contributed by atoms with Crippen molar-refractivity contribution in [3.05, 3.63) is 95.3 Å². The van der Waals surface area contributed by atoms with Crippen molar-refractivity contribution in [2.75, 3.05) is 0 Å². The number of rotatable bonds is 6. The number of carbonyl (C=O) groups excluding carboxylic acids is 1. The molecule has 4 nitrogen and oxygen atoms in total. The van der Waals surface area contributed by atoms with Crippen LogP contribution >= 0.6 is 0 Å². The predicted octanol–water partition coefficient (Wildman–Crippen LogP) is 5.17. The van der Waals surface area contributed by atoms with Gasteiger partial charge in [0.1, 0.15) is 12.4 Å². The van der Waals surface area contributed by atoms with Gasteiger partial charge in [0.25, 0.3) is 5.91 Å². The van der Waals surface area contributed by atoms with Crippen molar-refractivity contribution >= 4 is 5.91 Å². The highest BCUT2D eigenvalue weighted by Gasteiger charge is 2.30. The Morgan fingerprint density at radius 3 is 2.52 bits per heavy atom. The third-order valence-corrected chi connectivity index (χ3v) is 4.31. The maximum absolute atomic E-state index is 12.7. The van der Waals surface area contributed by atoms with Gasteiger partial charge in [0.15, 0.2) is 0 Å². The fourth-order valence-corrected chi connectivity index (χ4v) is 2.70. The van der Waals surface area contributed by atoms with Crippen LogP contribution in [-0.4, -0.2) is 10.9 Å². The third kappa shape index (κ3) is 5.57. The molecule has 1 N–H and O–H groups in total. The average molecular weight is 400 g/mol. The summed E-state index contributed by atoms with van der Waals surface area (Å²) in [5.74, 6) is 0.188. The van der Waals surface area contributed by atoms with Gasteiger partial charge in [-0.1, -0.05) is 24.3 Å². The van der Waals surface area contributed by atoms with Crippen molar-refractivity contribution < 1.29 is 22.7 Å². The Hall–Kier alpha value is -3.35.